The van der Waals surface area contributed by atoms with Crippen LogP contribution < -0.4 is 0 Å². The number of aromatic nitrogens is 2. The van der Waals surface area contributed by atoms with Crippen LogP contribution in [0, 0.1) is 0 Å². The van der Waals surface area contributed by atoms with Crippen molar-refractivity contribution >= 4 is 13.8 Å². The van der Waals surface area contributed by atoms with E-state index in [0.29, 0.717) is 19.1 Å². The quantitative estimate of drug-likeness (QED) is 0.413. The van der Waals surface area contributed by atoms with Gasteiger partial charge < -0.3 is 14.0 Å². The molecule has 0 saturated heterocycles. The highest BCUT2D eigenvalue weighted by Crippen LogP contribution is 2.12. The number of hydrogen-bond acceptors (Lipinski definition) is 3. The first kappa shape index (κ1) is 15.0. The summed E-state index contributed by atoms with van der Waals surface area (Å²) in [6.45, 7) is 14.7. The molecule has 0 unspecified atom stereocenters. The molecule has 0 bridgehead atoms. The molecule has 0 spiro atoms. The molecule has 1 aromatic rings. The maximum absolute atomic E-state index is 5.68. The lowest BCUT2D eigenvalue weighted by atomic mass is 10.5. The van der Waals surface area contributed by atoms with E-state index in [2.05, 4.69) is 31.2 Å². The van der Waals surface area contributed by atoms with Gasteiger partial charge in [0.05, 0.1) is 6.61 Å². The molecule has 18 heavy (non-hydrogen) atoms. The van der Waals surface area contributed by atoms with Gasteiger partial charge in [0.1, 0.15) is 6.73 Å². The first-order valence-electron chi connectivity index (χ1n) is 6.35. The standard InChI is InChI=1S/C13H24N2O2Si/c1-6-17-12(2)13-14-7-8-15(13)11-16-9-10-18(3,4)5/h7-8H,2,6,9-11H2,1,3-5H3. The van der Waals surface area contributed by atoms with Gasteiger partial charge in [-0.2, -0.15) is 0 Å². The van der Waals surface area contributed by atoms with E-state index in [-0.39, 0.29) is 0 Å². The highest BCUT2D eigenvalue weighted by Gasteiger charge is 2.12. The zero-order valence-corrected chi connectivity index (χ0v) is 12.9. The van der Waals surface area contributed by atoms with Gasteiger partial charge >= 0.3 is 0 Å². The van der Waals surface area contributed by atoms with Crippen molar-refractivity contribution in [3.63, 3.8) is 0 Å². The number of hydrogen-bond donors (Lipinski definition) is 0. The number of imidazole rings is 1. The van der Waals surface area contributed by atoms with E-state index in [1.165, 1.54) is 6.04 Å². The van der Waals surface area contributed by atoms with Crippen LogP contribution in [-0.4, -0.2) is 30.8 Å². The summed E-state index contributed by atoms with van der Waals surface area (Å²) in [7, 11) is -1.02. The van der Waals surface area contributed by atoms with Crippen LogP contribution in [0.25, 0.3) is 5.76 Å². The molecule has 0 amide bonds. The average molecular weight is 268 g/mol. The van der Waals surface area contributed by atoms with E-state index in [9.17, 15) is 0 Å². The first-order valence-corrected chi connectivity index (χ1v) is 10.1. The van der Waals surface area contributed by atoms with E-state index >= 15 is 0 Å². The van der Waals surface area contributed by atoms with Gasteiger partial charge in [0, 0.05) is 27.1 Å². The maximum atomic E-state index is 5.68. The predicted molar refractivity (Wildman–Crippen MR) is 77.0 cm³/mol. The monoisotopic (exact) mass is 268 g/mol. The molecular weight excluding hydrogens is 244 g/mol. The van der Waals surface area contributed by atoms with Crippen molar-refractivity contribution < 1.29 is 9.47 Å². The number of ether oxygens (including phenoxy) is 2. The molecule has 102 valence electrons. The van der Waals surface area contributed by atoms with Crippen molar-refractivity contribution in [2.45, 2.75) is 39.3 Å². The minimum absolute atomic E-state index is 0.506. The molecule has 1 aromatic heterocycles. The van der Waals surface area contributed by atoms with Crippen LogP contribution >= 0.6 is 0 Å². The van der Waals surface area contributed by atoms with Crippen LogP contribution in [0.4, 0.5) is 0 Å². The summed E-state index contributed by atoms with van der Waals surface area (Å²) >= 11 is 0. The Morgan fingerprint density at radius 3 is 2.78 bits per heavy atom. The summed E-state index contributed by atoms with van der Waals surface area (Å²) in [5.41, 5.74) is 0. The molecule has 0 atom stereocenters. The SMILES string of the molecule is C=C(OCC)c1nccn1COCC[Si](C)(C)C. The molecule has 0 saturated carbocycles. The summed E-state index contributed by atoms with van der Waals surface area (Å²) in [4.78, 5) is 4.23. The lowest BCUT2D eigenvalue weighted by molar-refractivity contribution is 0.0856. The summed E-state index contributed by atoms with van der Waals surface area (Å²) < 4.78 is 13.0. The summed E-state index contributed by atoms with van der Waals surface area (Å²) in [5.74, 6) is 1.33. The molecule has 1 heterocycles. The maximum Gasteiger partial charge on any atom is 0.176 e. The summed E-state index contributed by atoms with van der Waals surface area (Å²) in [5, 5.41) is 0. The Labute approximate surface area is 111 Å². The van der Waals surface area contributed by atoms with E-state index in [4.69, 9.17) is 9.47 Å². The van der Waals surface area contributed by atoms with Gasteiger partial charge in [0.25, 0.3) is 0 Å². The van der Waals surface area contributed by atoms with Crippen molar-refractivity contribution in [3.05, 3.63) is 24.8 Å². The molecule has 0 radical (unpaired) electrons. The lowest BCUT2D eigenvalue weighted by Crippen LogP contribution is -2.22. The number of rotatable bonds is 8. The predicted octanol–water partition coefficient (Wildman–Crippen LogP) is 3.20. The van der Waals surface area contributed by atoms with Crippen LogP contribution in [0.2, 0.25) is 25.7 Å². The normalized spacial score (nSPS) is 11.6. The summed E-state index contributed by atoms with van der Waals surface area (Å²) in [6.07, 6.45) is 3.62. The van der Waals surface area contributed by atoms with Crippen LogP contribution in [0.5, 0.6) is 0 Å². The van der Waals surface area contributed by atoms with Gasteiger partial charge in [-0.1, -0.05) is 26.2 Å². The molecule has 4 nitrogen and oxygen atoms in total. The average Bonchev–Trinajstić information content (AvgIpc) is 2.71. The fourth-order valence-electron chi connectivity index (χ4n) is 1.45. The van der Waals surface area contributed by atoms with Gasteiger partial charge in [0.2, 0.25) is 0 Å². The minimum atomic E-state index is -1.02. The largest absolute Gasteiger partial charge is 0.491 e. The van der Waals surface area contributed by atoms with E-state index in [1.807, 2.05) is 17.7 Å². The Hall–Kier alpha value is -1.07. The van der Waals surface area contributed by atoms with Crippen molar-refractivity contribution in [1.82, 2.24) is 9.55 Å². The zero-order valence-electron chi connectivity index (χ0n) is 11.9. The van der Waals surface area contributed by atoms with Crippen molar-refractivity contribution in [2.24, 2.45) is 0 Å². The molecule has 0 N–H and O–H groups in total. The van der Waals surface area contributed by atoms with Gasteiger partial charge in [0.15, 0.2) is 11.6 Å². The molecular formula is C13H24N2O2Si. The molecule has 5 heteroatoms. The van der Waals surface area contributed by atoms with Crippen LogP contribution in [0.15, 0.2) is 19.0 Å². The topological polar surface area (TPSA) is 36.3 Å². The third kappa shape index (κ3) is 5.06. The third-order valence-corrected chi connectivity index (χ3v) is 4.21. The fraction of sp³-hybridized carbons (Fsp3) is 0.615. The fourth-order valence-corrected chi connectivity index (χ4v) is 2.20. The first-order chi connectivity index (χ1) is 8.44. The molecule has 0 aliphatic heterocycles. The van der Waals surface area contributed by atoms with E-state index in [1.54, 1.807) is 6.20 Å². The zero-order chi connectivity index (χ0) is 13.6. The van der Waals surface area contributed by atoms with Crippen molar-refractivity contribution in [3.8, 4) is 0 Å². The number of nitrogens with zero attached hydrogens (tertiary/aromatic N) is 2. The molecule has 0 fully saturated rings. The molecule has 0 aromatic carbocycles. The van der Waals surface area contributed by atoms with Gasteiger partial charge in [-0.05, 0) is 13.0 Å². The van der Waals surface area contributed by atoms with Crippen molar-refractivity contribution in [1.29, 1.82) is 0 Å². The van der Waals surface area contributed by atoms with E-state index in [0.717, 1.165) is 12.4 Å². The summed E-state index contributed by atoms with van der Waals surface area (Å²) in [6, 6.07) is 1.17. The smallest absolute Gasteiger partial charge is 0.176 e. The van der Waals surface area contributed by atoms with E-state index < -0.39 is 8.07 Å². The van der Waals surface area contributed by atoms with Crippen LogP contribution in [0.3, 0.4) is 0 Å². The second kappa shape index (κ2) is 6.75. The Kier molecular flexibility index (Phi) is 5.62. The highest BCUT2D eigenvalue weighted by molar-refractivity contribution is 6.76. The Balaban J connectivity index is 2.43. The second-order valence-electron chi connectivity index (χ2n) is 5.42. The van der Waals surface area contributed by atoms with Gasteiger partial charge in [-0.3, -0.25) is 0 Å². The van der Waals surface area contributed by atoms with Crippen LogP contribution in [0.1, 0.15) is 12.7 Å². The van der Waals surface area contributed by atoms with Crippen LogP contribution in [-0.2, 0) is 16.2 Å². The lowest BCUT2D eigenvalue weighted by Gasteiger charge is -2.16. The Morgan fingerprint density at radius 2 is 2.17 bits per heavy atom. The molecule has 0 aliphatic rings. The van der Waals surface area contributed by atoms with Gasteiger partial charge in [-0.15, -0.1) is 0 Å². The van der Waals surface area contributed by atoms with Crippen molar-refractivity contribution in [2.75, 3.05) is 13.2 Å². The Morgan fingerprint density at radius 1 is 1.44 bits per heavy atom. The molecule has 1 rings (SSSR count). The minimum Gasteiger partial charge on any atom is -0.491 e. The second-order valence-corrected chi connectivity index (χ2v) is 11.0. The molecule has 0 aliphatic carbocycles. The highest BCUT2D eigenvalue weighted by atomic mass is 28.3. The third-order valence-electron chi connectivity index (χ3n) is 2.51. The van der Waals surface area contributed by atoms with Gasteiger partial charge in [-0.25, -0.2) is 4.98 Å². The Bertz CT molecular complexity index is 383.